The van der Waals surface area contributed by atoms with Gasteiger partial charge in [0.25, 0.3) is 0 Å². The number of methoxy groups -OCH3 is 1. The number of carbonyl (C=O) groups is 1. The largest absolute Gasteiger partial charge is 0.468 e. The molecule has 1 fully saturated rings. The molecule has 0 saturated carbocycles. The van der Waals surface area contributed by atoms with Crippen LogP contribution in [-0.4, -0.2) is 69.2 Å². The number of hydrogen-bond donors (Lipinski definition) is 0. The van der Waals surface area contributed by atoms with E-state index in [2.05, 4.69) is 0 Å². The number of carbonyl (C=O) groups excluding carboxylic acids is 1. The Morgan fingerprint density at radius 3 is 2.58 bits per heavy atom. The quantitative estimate of drug-likeness (QED) is 0.683. The topological polar surface area (TPSA) is 72.9 Å². The zero-order valence-electron chi connectivity index (χ0n) is 12.0. The highest BCUT2D eigenvalue weighted by Crippen LogP contribution is 2.17. The van der Waals surface area contributed by atoms with Gasteiger partial charge in [-0.15, -0.1) is 0 Å². The standard InChI is InChI=1S/C12H23NO5S/c1-12(2,3)19(15,16)8-6-13-5-7-18-9-10(13)11(14)17-4/h10H,5-9H2,1-4H3. The number of nitrogens with zero attached hydrogens (tertiary/aromatic N) is 1. The molecular weight excluding hydrogens is 270 g/mol. The molecule has 6 nitrogen and oxygen atoms in total. The van der Waals surface area contributed by atoms with Crippen LogP contribution in [0.5, 0.6) is 0 Å². The van der Waals surface area contributed by atoms with Crippen molar-refractivity contribution in [3.05, 3.63) is 0 Å². The summed E-state index contributed by atoms with van der Waals surface area (Å²) in [4.78, 5) is 13.4. The van der Waals surface area contributed by atoms with Gasteiger partial charge in [-0.3, -0.25) is 9.69 Å². The molecule has 1 aliphatic heterocycles. The van der Waals surface area contributed by atoms with Crippen molar-refractivity contribution >= 4 is 15.8 Å². The Hall–Kier alpha value is -0.660. The van der Waals surface area contributed by atoms with Gasteiger partial charge in [-0.1, -0.05) is 0 Å². The molecule has 1 rings (SSSR count). The molecule has 19 heavy (non-hydrogen) atoms. The fraction of sp³-hybridized carbons (Fsp3) is 0.917. The minimum absolute atomic E-state index is 0.0317. The Labute approximate surface area is 115 Å². The second-order valence-electron chi connectivity index (χ2n) is 5.58. The highest BCUT2D eigenvalue weighted by Gasteiger charge is 2.33. The maximum atomic E-state index is 12.1. The summed E-state index contributed by atoms with van der Waals surface area (Å²) >= 11 is 0. The second kappa shape index (κ2) is 6.19. The number of morpholine rings is 1. The highest BCUT2D eigenvalue weighted by atomic mass is 32.2. The highest BCUT2D eigenvalue weighted by molar-refractivity contribution is 7.92. The molecule has 112 valence electrons. The SMILES string of the molecule is COC(=O)C1COCCN1CCS(=O)(=O)C(C)(C)C. The molecular formula is C12H23NO5S. The first-order valence-corrected chi connectivity index (χ1v) is 7.96. The monoisotopic (exact) mass is 293 g/mol. The van der Waals surface area contributed by atoms with Crippen LogP contribution in [0, 0.1) is 0 Å². The number of ether oxygens (including phenoxy) is 2. The molecule has 0 aromatic rings. The lowest BCUT2D eigenvalue weighted by Gasteiger charge is -2.34. The van der Waals surface area contributed by atoms with Crippen LogP contribution in [0.3, 0.4) is 0 Å². The van der Waals surface area contributed by atoms with E-state index in [4.69, 9.17) is 9.47 Å². The minimum Gasteiger partial charge on any atom is -0.468 e. The molecule has 0 radical (unpaired) electrons. The van der Waals surface area contributed by atoms with Crippen LogP contribution < -0.4 is 0 Å². The number of sulfone groups is 1. The molecule has 0 bridgehead atoms. The fourth-order valence-corrected chi connectivity index (χ4v) is 2.89. The number of rotatable bonds is 4. The molecule has 0 N–H and O–H groups in total. The molecule has 0 aromatic heterocycles. The van der Waals surface area contributed by atoms with E-state index >= 15 is 0 Å². The molecule has 0 aromatic carbocycles. The van der Waals surface area contributed by atoms with Crippen molar-refractivity contribution < 1.29 is 22.7 Å². The fourth-order valence-electron chi connectivity index (χ4n) is 1.80. The van der Waals surface area contributed by atoms with Gasteiger partial charge in [-0.05, 0) is 20.8 Å². The van der Waals surface area contributed by atoms with Crippen LogP contribution >= 0.6 is 0 Å². The van der Waals surface area contributed by atoms with E-state index in [-0.39, 0.29) is 18.3 Å². The van der Waals surface area contributed by atoms with E-state index in [0.29, 0.717) is 19.7 Å². The van der Waals surface area contributed by atoms with Crippen LogP contribution in [0.25, 0.3) is 0 Å². The van der Waals surface area contributed by atoms with Gasteiger partial charge in [0.1, 0.15) is 6.04 Å². The Morgan fingerprint density at radius 2 is 2.05 bits per heavy atom. The summed E-state index contributed by atoms with van der Waals surface area (Å²) in [5, 5.41) is 0. The number of hydrogen-bond acceptors (Lipinski definition) is 6. The molecule has 1 atom stereocenters. The molecule has 1 aliphatic rings. The summed E-state index contributed by atoms with van der Waals surface area (Å²) < 4.78 is 33.3. The van der Waals surface area contributed by atoms with Gasteiger partial charge in [0.15, 0.2) is 9.84 Å². The second-order valence-corrected chi connectivity index (χ2v) is 8.44. The Bertz CT molecular complexity index is 412. The maximum Gasteiger partial charge on any atom is 0.325 e. The normalized spacial score (nSPS) is 22.2. The van der Waals surface area contributed by atoms with E-state index in [9.17, 15) is 13.2 Å². The minimum atomic E-state index is -3.19. The first-order valence-electron chi connectivity index (χ1n) is 6.31. The van der Waals surface area contributed by atoms with Crippen LogP contribution in [0.2, 0.25) is 0 Å². The van der Waals surface area contributed by atoms with Crippen LogP contribution in [0.15, 0.2) is 0 Å². The van der Waals surface area contributed by atoms with Gasteiger partial charge >= 0.3 is 5.97 Å². The predicted molar refractivity (Wildman–Crippen MR) is 71.7 cm³/mol. The number of esters is 1. The molecule has 0 amide bonds. The van der Waals surface area contributed by atoms with Crippen LogP contribution in [-0.2, 0) is 24.1 Å². The van der Waals surface area contributed by atoms with Crippen molar-refractivity contribution in [2.75, 3.05) is 39.2 Å². The molecule has 1 unspecified atom stereocenters. The van der Waals surface area contributed by atoms with Crippen molar-refractivity contribution in [1.29, 1.82) is 0 Å². The van der Waals surface area contributed by atoms with Gasteiger partial charge < -0.3 is 9.47 Å². The average molecular weight is 293 g/mol. The maximum absolute atomic E-state index is 12.1. The Balaban J connectivity index is 2.67. The van der Waals surface area contributed by atoms with Gasteiger partial charge in [0.2, 0.25) is 0 Å². The average Bonchev–Trinajstić information content (AvgIpc) is 2.34. The molecule has 0 aliphatic carbocycles. The molecule has 7 heteroatoms. The summed E-state index contributed by atoms with van der Waals surface area (Å²) in [7, 11) is -1.87. The van der Waals surface area contributed by atoms with Crippen molar-refractivity contribution in [3.8, 4) is 0 Å². The van der Waals surface area contributed by atoms with Crippen molar-refractivity contribution in [2.24, 2.45) is 0 Å². The zero-order valence-corrected chi connectivity index (χ0v) is 12.8. The summed E-state index contributed by atoms with van der Waals surface area (Å²) in [6.45, 7) is 6.66. The van der Waals surface area contributed by atoms with Crippen molar-refractivity contribution in [3.63, 3.8) is 0 Å². The van der Waals surface area contributed by atoms with Gasteiger partial charge in [0, 0.05) is 13.1 Å². The van der Waals surface area contributed by atoms with Gasteiger partial charge in [0.05, 0.1) is 30.8 Å². The van der Waals surface area contributed by atoms with E-state index in [1.54, 1.807) is 20.8 Å². The lowest BCUT2D eigenvalue weighted by molar-refractivity contribution is -0.153. The van der Waals surface area contributed by atoms with Crippen LogP contribution in [0.1, 0.15) is 20.8 Å². The first-order chi connectivity index (χ1) is 8.69. The van der Waals surface area contributed by atoms with Crippen molar-refractivity contribution in [2.45, 2.75) is 31.6 Å². The van der Waals surface area contributed by atoms with E-state index in [1.165, 1.54) is 7.11 Å². The molecule has 1 saturated heterocycles. The lowest BCUT2D eigenvalue weighted by atomic mass is 10.2. The Morgan fingerprint density at radius 1 is 1.42 bits per heavy atom. The van der Waals surface area contributed by atoms with Gasteiger partial charge in [-0.2, -0.15) is 0 Å². The van der Waals surface area contributed by atoms with E-state index < -0.39 is 20.6 Å². The smallest absolute Gasteiger partial charge is 0.325 e. The summed E-state index contributed by atoms with van der Waals surface area (Å²) in [5.74, 6) is -0.350. The third-order valence-corrected chi connectivity index (χ3v) is 5.88. The van der Waals surface area contributed by atoms with E-state index in [1.807, 2.05) is 4.90 Å². The molecule has 1 heterocycles. The molecule has 0 spiro atoms. The van der Waals surface area contributed by atoms with Crippen molar-refractivity contribution in [1.82, 2.24) is 4.90 Å². The predicted octanol–water partition coefficient (Wildman–Crippen LogP) is 0.0735. The zero-order chi connectivity index (χ0) is 14.7. The lowest BCUT2D eigenvalue weighted by Crippen LogP contribution is -2.52. The van der Waals surface area contributed by atoms with E-state index in [0.717, 1.165) is 0 Å². The van der Waals surface area contributed by atoms with Gasteiger partial charge in [-0.25, -0.2) is 8.42 Å². The Kier molecular flexibility index (Phi) is 5.34. The summed E-state index contributed by atoms with van der Waals surface area (Å²) in [6.07, 6.45) is 0. The van der Waals surface area contributed by atoms with Crippen LogP contribution in [0.4, 0.5) is 0 Å². The third kappa shape index (κ3) is 4.15. The first kappa shape index (κ1) is 16.4. The third-order valence-electron chi connectivity index (χ3n) is 3.29. The summed E-state index contributed by atoms with van der Waals surface area (Å²) in [6, 6.07) is -0.506. The summed E-state index contributed by atoms with van der Waals surface area (Å²) in [5.41, 5.74) is 0.